The summed E-state index contributed by atoms with van der Waals surface area (Å²) in [5, 5.41) is 4.22. The van der Waals surface area contributed by atoms with Gasteiger partial charge in [0.2, 0.25) is 0 Å². The highest BCUT2D eigenvalue weighted by molar-refractivity contribution is 6.31. The van der Waals surface area contributed by atoms with Crippen LogP contribution in [0.15, 0.2) is 34.7 Å². The van der Waals surface area contributed by atoms with Crippen LogP contribution < -0.4 is 5.32 Å². The van der Waals surface area contributed by atoms with Crippen molar-refractivity contribution in [2.45, 2.75) is 19.9 Å². The van der Waals surface area contributed by atoms with E-state index in [1.54, 1.807) is 0 Å². The number of nitrogens with one attached hydrogen (secondary N) is 1. The first-order valence-electron chi connectivity index (χ1n) is 8.58. The van der Waals surface area contributed by atoms with E-state index in [4.69, 9.17) is 20.8 Å². The fourth-order valence-corrected chi connectivity index (χ4v) is 3.02. The van der Waals surface area contributed by atoms with Crippen LogP contribution in [-0.2, 0) is 11.3 Å². The van der Waals surface area contributed by atoms with E-state index in [-0.39, 0.29) is 0 Å². The fraction of sp³-hybridized carbons (Fsp3) is 0.474. The lowest BCUT2D eigenvalue weighted by Gasteiger charge is -2.26. The number of halogens is 1. The van der Waals surface area contributed by atoms with Crippen molar-refractivity contribution in [3.8, 4) is 11.3 Å². The van der Waals surface area contributed by atoms with Crippen LogP contribution in [0, 0.1) is 6.92 Å². The molecule has 0 saturated carbocycles. The summed E-state index contributed by atoms with van der Waals surface area (Å²) in [6, 6.07) is 10.0. The van der Waals surface area contributed by atoms with Crippen LogP contribution in [0.1, 0.15) is 17.7 Å². The third-order valence-electron chi connectivity index (χ3n) is 4.35. The molecule has 4 nitrogen and oxygen atoms in total. The van der Waals surface area contributed by atoms with E-state index in [9.17, 15) is 0 Å². The van der Waals surface area contributed by atoms with Crippen molar-refractivity contribution in [1.82, 2.24) is 10.2 Å². The highest BCUT2D eigenvalue weighted by Gasteiger charge is 2.09. The van der Waals surface area contributed by atoms with Crippen molar-refractivity contribution >= 4 is 11.6 Å². The lowest BCUT2D eigenvalue weighted by Crippen LogP contribution is -2.37. The summed E-state index contributed by atoms with van der Waals surface area (Å²) in [6.45, 7) is 8.72. The zero-order valence-electron chi connectivity index (χ0n) is 14.2. The minimum atomic E-state index is 0.753. The molecule has 1 aromatic heterocycles. The number of rotatable bonds is 7. The SMILES string of the molecule is Cc1ccc(-c2ccc(CNCCCN3CCOCC3)o2)cc1Cl. The standard InChI is InChI=1S/C19H25ClN2O2/c1-15-3-4-16(13-18(15)20)19-6-5-17(24-19)14-21-7-2-8-22-9-11-23-12-10-22/h3-6,13,21H,2,7-12,14H2,1H3. The van der Waals surface area contributed by atoms with Gasteiger partial charge >= 0.3 is 0 Å². The van der Waals surface area contributed by atoms with Crippen LogP contribution in [-0.4, -0.2) is 44.3 Å². The number of hydrogen-bond donors (Lipinski definition) is 1. The molecule has 1 saturated heterocycles. The predicted molar refractivity (Wildman–Crippen MR) is 97.5 cm³/mol. The fourth-order valence-electron chi connectivity index (χ4n) is 2.84. The van der Waals surface area contributed by atoms with Crippen LogP contribution in [0.2, 0.25) is 5.02 Å². The molecule has 0 spiro atoms. The molecule has 5 heteroatoms. The normalized spacial score (nSPS) is 15.8. The first-order chi connectivity index (χ1) is 11.7. The largest absolute Gasteiger partial charge is 0.460 e. The van der Waals surface area contributed by atoms with Gasteiger partial charge in [0.15, 0.2) is 0 Å². The van der Waals surface area contributed by atoms with Crippen LogP contribution in [0.5, 0.6) is 0 Å². The van der Waals surface area contributed by atoms with Gasteiger partial charge in [0.25, 0.3) is 0 Å². The number of nitrogens with zero attached hydrogens (tertiary/aromatic N) is 1. The second-order valence-electron chi connectivity index (χ2n) is 6.21. The molecule has 24 heavy (non-hydrogen) atoms. The molecule has 0 bridgehead atoms. The molecular weight excluding hydrogens is 324 g/mol. The van der Waals surface area contributed by atoms with E-state index in [0.717, 1.165) is 80.0 Å². The highest BCUT2D eigenvalue weighted by atomic mass is 35.5. The third kappa shape index (κ3) is 4.84. The summed E-state index contributed by atoms with van der Waals surface area (Å²) < 4.78 is 11.3. The molecule has 0 aliphatic carbocycles. The molecule has 2 heterocycles. The summed E-state index contributed by atoms with van der Waals surface area (Å²) in [6.07, 6.45) is 1.14. The van der Waals surface area contributed by atoms with Gasteiger partial charge in [0.05, 0.1) is 19.8 Å². The highest BCUT2D eigenvalue weighted by Crippen LogP contribution is 2.26. The van der Waals surface area contributed by atoms with E-state index >= 15 is 0 Å². The van der Waals surface area contributed by atoms with E-state index in [2.05, 4.69) is 10.2 Å². The van der Waals surface area contributed by atoms with Gasteiger partial charge in [0, 0.05) is 23.7 Å². The molecular formula is C19H25ClN2O2. The van der Waals surface area contributed by atoms with Crippen LogP contribution in [0.4, 0.5) is 0 Å². The molecule has 0 radical (unpaired) electrons. The molecule has 1 N–H and O–H groups in total. The monoisotopic (exact) mass is 348 g/mol. The maximum absolute atomic E-state index is 6.19. The van der Waals surface area contributed by atoms with Crippen molar-refractivity contribution in [2.75, 3.05) is 39.4 Å². The van der Waals surface area contributed by atoms with Gasteiger partial charge in [-0.15, -0.1) is 0 Å². The molecule has 0 amide bonds. The molecule has 3 rings (SSSR count). The molecule has 1 aliphatic rings. The number of hydrogen-bond acceptors (Lipinski definition) is 4. The smallest absolute Gasteiger partial charge is 0.134 e. The molecule has 130 valence electrons. The van der Waals surface area contributed by atoms with Gasteiger partial charge in [0.1, 0.15) is 11.5 Å². The van der Waals surface area contributed by atoms with Gasteiger partial charge in [-0.3, -0.25) is 4.90 Å². The van der Waals surface area contributed by atoms with E-state index in [1.165, 1.54) is 0 Å². The Kier molecular flexibility index (Phi) is 6.32. The zero-order chi connectivity index (χ0) is 16.8. The maximum Gasteiger partial charge on any atom is 0.134 e. The molecule has 2 aromatic rings. The Labute approximate surface area is 148 Å². The van der Waals surface area contributed by atoms with Gasteiger partial charge in [-0.25, -0.2) is 0 Å². The predicted octanol–water partition coefficient (Wildman–Crippen LogP) is 3.72. The van der Waals surface area contributed by atoms with Crippen molar-refractivity contribution < 1.29 is 9.15 Å². The first-order valence-corrected chi connectivity index (χ1v) is 8.96. The average Bonchev–Trinajstić information content (AvgIpc) is 3.07. The van der Waals surface area contributed by atoms with Crippen molar-refractivity contribution in [1.29, 1.82) is 0 Å². The lowest BCUT2D eigenvalue weighted by atomic mass is 10.1. The Hall–Kier alpha value is -1.33. The Morgan fingerprint density at radius 3 is 2.79 bits per heavy atom. The second-order valence-corrected chi connectivity index (χ2v) is 6.62. The van der Waals surface area contributed by atoms with Crippen molar-refractivity contribution in [3.05, 3.63) is 46.7 Å². The Morgan fingerprint density at radius 2 is 2.00 bits per heavy atom. The summed E-state index contributed by atoms with van der Waals surface area (Å²) >= 11 is 6.19. The van der Waals surface area contributed by atoms with E-state index < -0.39 is 0 Å². The zero-order valence-corrected chi connectivity index (χ0v) is 14.9. The van der Waals surface area contributed by atoms with Crippen molar-refractivity contribution in [2.24, 2.45) is 0 Å². The van der Waals surface area contributed by atoms with Gasteiger partial charge in [-0.2, -0.15) is 0 Å². The topological polar surface area (TPSA) is 37.6 Å². The quantitative estimate of drug-likeness (QED) is 0.774. The summed E-state index contributed by atoms with van der Waals surface area (Å²) in [4.78, 5) is 2.46. The van der Waals surface area contributed by atoms with Gasteiger partial charge in [-0.05, 0) is 50.2 Å². The molecule has 0 atom stereocenters. The molecule has 0 unspecified atom stereocenters. The number of morpholine rings is 1. The Bertz CT molecular complexity index is 651. The average molecular weight is 349 g/mol. The lowest BCUT2D eigenvalue weighted by molar-refractivity contribution is 0.0374. The Balaban J connectivity index is 1.41. The van der Waals surface area contributed by atoms with E-state index in [0.29, 0.717) is 0 Å². The number of ether oxygens (including phenoxy) is 1. The van der Waals surface area contributed by atoms with Gasteiger partial charge in [-0.1, -0.05) is 23.7 Å². The van der Waals surface area contributed by atoms with Crippen LogP contribution >= 0.6 is 11.6 Å². The summed E-state index contributed by atoms with van der Waals surface area (Å²) in [5.74, 6) is 1.81. The summed E-state index contributed by atoms with van der Waals surface area (Å²) in [7, 11) is 0. The second kappa shape index (κ2) is 8.67. The Morgan fingerprint density at radius 1 is 1.17 bits per heavy atom. The minimum absolute atomic E-state index is 0.753. The number of aryl methyl sites for hydroxylation is 1. The summed E-state index contributed by atoms with van der Waals surface area (Å²) in [5.41, 5.74) is 2.10. The van der Waals surface area contributed by atoms with Crippen LogP contribution in [0.3, 0.4) is 0 Å². The third-order valence-corrected chi connectivity index (χ3v) is 4.76. The minimum Gasteiger partial charge on any atom is -0.460 e. The molecule has 1 fully saturated rings. The maximum atomic E-state index is 6.19. The molecule has 1 aliphatic heterocycles. The van der Waals surface area contributed by atoms with Crippen molar-refractivity contribution in [3.63, 3.8) is 0 Å². The van der Waals surface area contributed by atoms with E-state index in [1.807, 2.05) is 37.3 Å². The van der Waals surface area contributed by atoms with Crippen LogP contribution in [0.25, 0.3) is 11.3 Å². The number of furan rings is 1. The molecule has 1 aromatic carbocycles. The van der Waals surface area contributed by atoms with Gasteiger partial charge < -0.3 is 14.5 Å². The first kappa shape index (κ1) is 17.5. The number of benzene rings is 1.